The molecule has 3 aromatic rings. The second-order valence-electron chi connectivity index (χ2n) is 5.98. The predicted molar refractivity (Wildman–Crippen MR) is 105 cm³/mol. The Hall–Kier alpha value is -3.02. The molecule has 0 saturated heterocycles. The number of ether oxygens (including phenoxy) is 1. The number of imidazole rings is 1. The van der Waals surface area contributed by atoms with Crippen LogP contribution >= 0.6 is 0 Å². The van der Waals surface area contributed by atoms with Crippen LogP contribution in [0.1, 0.15) is 18.3 Å². The Morgan fingerprint density at radius 2 is 2.00 bits per heavy atom. The number of aliphatic imine (C=N–C) groups is 1. The van der Waals surface area contributed by atoms with Crippen LogP contribution in [0.4, 0.5) is 0 Å². The zero-order valence-electron chi connectivity index (χ0n) is 15.5. The number of methoxy groups -OCH3 is 1. The summed E-state index contributed by atoms with van der Waals surface area (Å²) in [5.74, 6) is 2.58. The van der Waals surface area contributed by atoms with E-state index in [-0.39, 0.29) is 0 Å². The molecule has 1 heterocycles. The van der Waals surface area contributed by atoms with Crippen LogP contribution in [0.25, 0.3) is 11.0 Å². The molecule has 0 radical (unpaired) electrons. The first-order valence-electron chi connectivity index (χ1n) is 8.76. The Balaban J connectivity index is 1.70. The number of nitrogens with zero attached hydrogens (tertiary/aromatic N) is 3. The summed E-state index contributed by atoms with van der Waals surface area (Å²) < 4.78 is 7.37. The van der Waals surface area contributed by atoms with Crippen LogP contribution in [0.5, 0.6) is 5.75 Å². The van der Waals surface area contributed by atoms with Gasteiger partial charge in [0, 0.05) is 13.6 Å². The number of nitrogens with one attached hydrogen (secondary N) is 2. The molecule has 3 rings (SSSR count). The van der Waals surface area contributed by atoms with E-state index in [0.717, 1.165) is 40.7 Å². The van der Waals surface area contributed by atoms with Gasteiger partial charge in [0.15, 0.2) is 5.96 Å². The molecule has 0 fully saturated rings. The lowest BCUT2D eigenvalue weighted by molar-refractivity contribution is 0.414. The first-order valence-corrected chi connectivity index (χ1v) is 8.76. The molecule has 6 heteroatoms. The molecule has 1 aromatic heterocycles. The largest absolute Gasteiger partial charge is 0.497 e. The Kier molecular flexibility index (Phi) is 5.73. The summed E-state index contributed by atoms with van der Waals surface area (Å²) in [4.78, 5) is 9.35. The minimum atomic E-state index is 0.578. The van der Waals surface area contributed by atoms with Gasteiger partial charge < -0.3 is 19.9 Å². The molecule has 0 atom stereocenters. The van der Waals surface area contributed by atoms with Crippen LogP contribution in [0.15, 0.2) is 53.5 Å². The van der Waals surface area contributed by atoms with Crippen LogP contribution in [-0.2, 0) is 20.1 Å². The highest BCUT2D eigenvalue weighted by molar-refractivity contribution is 5.80. The molecule has 2 N–H and O–H groups in total. The Labute approximate surface area is 153 Å². The van der Waals surface area contributed by atoms with E-state index < -0.39 is 0 Å². The van der Waals surface area contributed by atoms with Crippen molar-refractivity contribution < 1.29 is 4.74 Å². The summed E-state index contributed by atoms with van der Waals surface area (Å²) in [7, 11) is 3.71. The van der Waals surface area contributed by atoms with Crippen molar-refractivity contribution in [3.8, 4) is 5.75 Å². The average Bonchev–Trinajstić information content (AvgIpc) is 3.00. The fourth-order valence-electron chi connectivity index (χ4n) is 2.80. The van der Waals surface area contributed by atoms with Gasteiger partial charge in [0.05, 0.1) is 31.2 Å². The zero-order chi connectivity index (χ0) is 18.4. The quantitative estimate of drug-likeness (QED) is 0.529. The molecule has 26 heavy (non-hydrogen) atoms. The van der Waals surface area contributed by atoms with Gasteiger partial charge in [-0.2, -0.15) is 0 Å². The van der Waals surface area contributed by atoms with Crippen molar-refractivity contribution >= 4 is 17.0 Å². The number of benzene rings is 2. The monoisotopic (exact) mass is 351 g/mol. The third kappa shape index (κ3) is 4.14. The second kappa shape index (κ2) is 8.38. The SMILES string of the molecule is CCNC(=NCc1cccc(OC)c1)NCc1nc2ccccc2n1C. The van der Waals surface area contributed by atoms with E-state index in [4.69, 9.17) is 4.74 Å². The standard InChI is InChI=1S/C20H25N5O/c1-4-21-20(22-13-15-8-7-9-16(12-15)26-3)23-14-19-24-17-10-5-6-11-18(17)25(19)2/h5-12H,4,13-14H2,1-3H3,(H2,21,22,23). The normalized spacial score (nSPS) is 11.6. The number of hydrogen-bond donors (Lipinski definition) is 2. The number of aryl methyl sites for hydroxylation is 1. The second-order valence-corrected chi connectivity index (χ2v) is 5.98. The lowest BCUT2D eigenvalue weighted by Crippen LogP contribution is -2.37. The summed E-state index contributed by atoms with van der Waals surface area (Å²) in [6.45, 7) is 4.04. The van der Waals surface area contributed by atoms with E-state index in [1.807, 2.05) is 49.5 Å². The number of hydrogen-bond acceptors (Lipinski definition) is 3. The van der Waals surface area contributed by atoms with Crippen molar-refractivity contribution in [1.82, 2.24) is 20.2 Å². The van der Waals surface area contributed by atoms with Gasteiger partial charge in [0.1, 0.15) is 11.6 Å². The fraction of sp³-hybridized carbons (Fsp3) is 0.300. The first kappa shape index (κ1) is 17.8. The first-order chi connectivity index (χ1) is 12.7. The topological polar surface area (TPSA) is 63.5 Å². The fourth-order valence-corrected chi connectivity index (χ4v) is 2.80. The van der Waals surface area contributed by atoms with Crippen LogP contribution in [0.2, 0.25) is 0 Å². The summed E-state index contributed by atoms with van der Waals surface area (Å²) in [5.41, 5.74) is 3.23. The molecule has 136 valence electrons. The molecule has 2 aromatic carbocycles. The highest BCUT2D eigenvalue weighted by Gasteiger charge is 2.07. The molecule has 0 saturated carbocycles. The maximum Gasteiger partial charge on any atom is 0.191 e. The third-order valence-electron chi connectivity index (χ3n) is 4.19. The van der Waals surface area contributed by atoms with Crippen LogP contribution < -0.4 is 15.4 Å². The number of aromatic nitrogens is 2. The maximum absolute atomic E-state index is 5.27. The van der Waals surface area contributed by atoms with Crippen LogP contribution in [-0.4, -0.2) is 29.2 Å². The molecule has 0 aliphatic carbocycles. The van der Waals surface area contributed by atoms with Gasteiger partial charge in [0.25, 0.3) is 0 Å². The summed E-state index contributed by atoms with van der Waals surface area (Å²) in [6.07, 6.45) is 0. The van der Waals surface area contributed by atoms with E-state index in [1.165, 1.54) is 0 Å². The third-order valence-corrected chi connectivity index (χ3v) is 4.19. The Morgan fingerprint density at radius 3 is 2.77 bits per heavy atom. The Bertz CT molecular complexity index is 900. The number of rotatable bonds is 6. The van der Waals surface area contributed by atoms with Crippen molar-refractivity contribution in [2.24, 2.45) is 12.0 Å². The smallest absolute Gasteiger partial charge is 0.191 e. The van der Waals surface area contributed by atoms with E-state index in [9.17, 15) is 0 Å². The molecule has 0 aliphatic heterocycles. The molecular weight excluding hydrogens is 326 g/mol. The van der Waals surface area contributed by atoms with Gasteiger partial charge in [-0.25, -0.2) is 9.98 Å². The van der Waals surface area contributed by atoms with Gasteiger partial charge >= 0.3 is 0 Å². The van der Waals surface area contributed by atoms with Gasteiger partial charge in [-0.15, -0.1) is 0 Å². The number of fused-ring (bicyclic) bond motifs is 1. The van der Waals surface area contributed by atoms with E-state index in [1.54, 1.807) is 7.11 Å². The van der Waals surface area contributed by atoms with Crippen LogP contribution in [0.3, 0.4) is 0 Å². The van der Waals surface area contributed by atoms with Crippen molar-refractivity contribution in [2.75, 3.05) is 13.7 Å². The highest BCUT2D eigenvalue weighted by Crippen LogP contribution is 2.14. The summed E-state index contributed by atoms with van der Waals surface area (Å²) >= 11 is 0. The van der Waals surface area contributed by atoms with Crippen molar-refractivity contribution in [3.63, 3.8) is 0 Å². The molecule has 0 unspecified atom stereocenters. The van der Waals surface area contributed by atoms with E-state index in [2.05, 4.69) is 38.2 Å². The van der Waals surface area contributed by atoms with E-state index in [0.29, 0.717) is 13.1 Å². The average molecular weight is 351 g/mol. The summed E-state index contributed by atoms with van der Waals surface area (Å²) in [5, 5.41) is 6.64. The number of para-hydroxylation sites is 2. The van der Waals surface area contributed by atoms with Gasteiger partial charge in [-0.1, -0.05) is 24.3 Å². The molecule has 0 bridgehead atoms. The van der Waals surface area contributed by atoms with Gasteiger partial charge in [-0.3, -0.25) is 0 Å². The molecular formula is C20H25N5O. The lowest BCUT2D eigenvalue weighted by Gasteiger charge is -2.11. The predicted octanol–water partition coefficient (Wildman–Crippen LogP) is 2.84. The molecule has 0 aliphatic rings. The van der Waals surface area contributed by atoms with Gasteiger partial charge in [0.2, 0.25) is 0 Å². The molecule has 6 nitrogen and oxygen atoms in total. The zero-order valence-corrected chi connectivity index (χ0v) is 15.5. The van der Waals surface area contributed by atoms with E-state index >= 15 is 0 Å². The minimum absolute atomic E-state index is 0.578. The molecule has 0 amide bonds. The van der Waals surface area contributed by atoms with Crippen molar-refractivity contribution in [2.45, 2.75) is 20.0 Å². The maximum atomic E-state index is 5.27. The Morgan fingerprint density at radius 1 is 1.15 bits per heavy atom. The number of guanidine groups is 1. The lowest BCUT2D eigenvalue weighted by atomic mass is 10.2. The minimum Gasteiger partial charge on any atom is -0.497 e. The highest BCUT2D eigenvalue weighted by atomic mass is 16.5. The molecule has 0 spiro atoms. The van der Waals surface area contributed by atoms with Crippen molar-refractivity contribution in [3.05, 3.63) is 59.9 Å². The van der Waals surface area contributed by atoms with Gasteiger partial charge in [-0.05, 0) is 36.8 Å². The van der Waals surface area contributed by atoms with Crippen LogP contribution in [0, 0.1) is 0 Å². The van der Waals surface area contributed by atoms with Crippen molar-refractivity contribution in [1.29, 1.82) is 0 Å². The summed E-state index contributed by atoms with van der Waals surface area (Å²) in [6, 6.07) is 16.1.